The molecule has 9 heteroatoms. The maximum atomic E-state index is 12.7. The minimum absolute atomic E-state index is 0.0124. The van der Waals surface area contributed by atoms with Crippen molar-refractivity contribution in [1.82, 2.24) is 0 Å². The van der Waals surface area contributed by atoms with Gasteiger partial charge in [0.1, 0.15) is 6.61 Å². The van der Waals surface area contributed by atoms with Gasteiger partial charge in [0.15, 0.2) is 6.61 Å². The van der Waals surface area contributed by atoms with E-state index in [1.54, 1.807) is 6.92 Å². The van der Waals surface area contributed by atoms with Gasteiger partial charge in [0, 0.05) is 0 Å². The first-order chi connectivity index (χ1) is 12.0. The molecule has 0 saturated carbocycles. The predicted molar refractivity (Wildman–Crippen MR) is 89.2 cm³/mol. The molecule has 2 unspecified atom stereocenters. The summed E-state index contributed by atoms with van der Waals surface area (Å²) in [5.74, 6) is -6.98. The Hall–Kier alpha value is -1.41. The lowest BCUT2D eigenvalue weighted by Crippen LogP contribution is -2.41. The van der Waals surface area contributed by atoms with E-state index in [1.807, 2.05) is 34.6 Å². The molecule has 0 aliphatic carbocycles. The quantitative estimate of drug-likeness (QED) is 0.394. The van der Waals surface area contributed by atoms with Gasteiger partial charge >= 0.3 is 24.0 Å². The van der Waals surface area contributed by atoms with E-state index in [0.29, 0.717) is 6.42 Å². The van der Waals surface area contributed by atoms with Crippen LogP contribution >= 0.6 is 0 Å². The second kappa shape index (κ2) is 9.19. The average molecular weight is 404 g/mol. The van der Waals surface area contributed by atoms with Crippen molar-refractivity contribution in [3.8, 4) is 0 Å². The Bertz CT molecular complexity index is 511. The number of alkyl halides is 5. The van der Waals surface area contributed by atoms with Crippen molar-refractivity contribution in [2.45, 2.75) is 72.9 Å². The van der Waals surface area contributed by atoms with Crippen LogP contribution in [0.15, 0.2) is 0 Å². The number of carbonyl (C=O) groups excluding carboxylic acids is 2. The lowest BCUT2D eigenvalue weighted by molar-refractivity contribution is -0.294. The fraction of sp³-hybridized carbons (Fsp3) is 0.889. The normalized spacial score (nSPS) is 16.4. The lowest BCUT2D eigenvalue weighted by Gasteiger charge is -2.38. The van der Waals surface area contributed by atoms with E-state index in [9.17, 15) is 31.5 Å². The molecule has 0 heterocycles. The fourth-order valence-corrected chi connectivity index (χ4v) is 2.72. The Kier molecular flexibility index (Phi) is 8.71. The Labute approximate surface area is 156 Å². The van der Waals surface area contributed by atoms with Crippen molar-refractivity contribution in [3.63, 3.8) is 0 Å². The molecule has 0 fully saturated rings. The van der Waals surface area contributed by atoms with Crippen molar-refractivity contribution in [2.75, 3.05) is 13.2 Å². The Morgan fingerprint density at radius 2 is 1.48 bits per heavy atom. The topological polar surface area (TPSA) is 52.6 Å². The van der Waals surface area contributed by atoms with Gasteiger partial charge in [0.2, 0.25) is 0 Å². The molecule has 0 aromatic rings. The number of hydrogen-bond donors (Lipinski definition) is 0. The molecule has 0 radical (unpaired) electrons. The summed E-state index contributed by atoms with van der Waals surface area (Å²) >= 11 is 0. The van der Waals surface area contributed by atoms with E-state index >= 15 is 0 Å². The van der Waals surface area contributed by atoms with Crippen LogP contribution in [0.3, 0.4) is 0 Å². The van der Waals surface area contributed by atoms with E-state index in [-0.39, 0.29) is 11.3 Å². The number of halogens is 5. The van der Waals surface area contributed by atoms with Crippen LogP contribution in [-0.4, -0.2) is 37.3 Å². The lowest BCUT2D eigenvalue weighted by atomic mass is 9.67. The number of esters is 2. The van der Waals surface area contributed by atoms with Crippen LogP contribution in [-0.2, 0) is 19.1 Å². The zero-order valence-corrected chi connectivity index (χ0v) is 16.6. The number of carbonyl (C=O) groups is 2. The monoisotopic (exact) mass is 404 g/mol. The first-order valence-electron chi connectivity index (χ1n) is 8.73. The van der Waals surface area contributed by atoms with Gasteiger partial charge in [0.25, 0.3) is 0 Å². The van der Waals surface area contributed by atoms with Gasteiger partial charge in [-0.25, -0.2) is 0 Å². The second-order valence-corrected chi connectivity index (χ2v) is 8.21. The summed E-state index contributed by atoms with van der Waals surface area (Å²) in [6.07, 6.45) is -5.16. The number of ether oxygens (including phenoxy) is 2. The first kappa shape index (κ1) is 25.6. The Morgan fingerprint density at radius 3 is 1.89 bits per heavy atom. The SMILES string of the molecule is CCC(C)C(C)(CC(C)(C)C)C(=O)OCCC(=O)OCC(F)(F)C(F)(F)F. The first-order valence-corrected chi connectivity index (χ1v) is 8.73. The highest BCUT2D eigenvalue weighted by Gasteiger charge is 2.58. The van der Waals surface area contributed by atoms with E-state index in [4.69, 9.17) is 4.74 Å². The molecular weight excluding hydrogens is 375 g/mol. The molecule has 0 aromatic carbocycles. The molecule has 0 amide bonds. The molecule has 2 atom stereocenters. The van der Waals surface area contributed by atoms with Crippen LogP contribution in [0.5, 0.6) is 0 Å². The van der Waals surface area contributed by atoms with Gasteiger partial charge in [-0.05, 0) is 24.7 Å². The molecule has 0 rings (SSSR count). The van der Waals surface area contributed by atoms with Crippen LogP contribution in [0, 0.1) is 16.7 Å². The van der Waals surface area contributed by atoms with Crippen LogP contribution in [0.25, 0.3) is 0 Å². The average Bonchev–Trinajstić information content (AvgIpc) is 2.49. The van der Waals surface area contributed by atoms with E-state index in [2.05, 4.69) is 4.74 Å². The minimum atomic E-state index is -5.80. The van der Waals surface area contributed by atoms with Gasteiger partial charge in [-0.2, -0.15) is 22.0 Å². The van der Waals surface area contributed by atoms with Crippen LogP contribution in [0.2, 0.25) is 0 Å². The molecule has 0 aliphatic rings. The summed E-state index contributed by atoms with van der Waals surface area (Å²) in [5, 5.41) is 0. The summed E-state index contributed by atoms with van der Waals surface area (Å²) in [4.78, 5) is 23.9. The standard InChI is InChI=1S/C18H29F5O4/c1-7-12(2)16(6,10-15(3,4)5)14(25)26-9-8-13(24)27-11-17(19,20)18(21,22)23/h12H,7-11H2,1-6H3. The molecule has 0 spiro atoms. The smallest absolute Gasteiger partial charge is 0.456 e. The van der Waals surface area contributed by atoms with Gasteiger partial charge in [-0.3, -0.25) is 9.59 Å². The molecule has 0 N–H and O–H groups in total. The Balaban J connectivity index is 4.69. The maximum Gasteiger partial charge on any atom is 0.456 e. The van der Waals surface area contributed by atoms with Crippen LogP contribution in [0.1, 0.15) is 60.8 Å². The van der Waals surface area contributed by atoms with Crippen molar-refractivity contribution in [3.05, 3.63) is 0 Å². The summed E-state index contributed by atoms with van der Waals surface area (Å²) in [7, 11) is 0. The third kappa shape index (κ3) is 8.01. The van der Waals surface area contributed by atoms with Gasteiger partial charge in [-0.15, -0.1) is 0 Å². The van der Waals surface area contributed by atoms with Crippen LogP contribution in [0.4, 0.5) is 22.0 Å². The van der Waals surface area contributed by atoms with E-state index in [0.717, 1.165) is 6.42 Å². The third-order valence-corrected chi connectivity index (χ3v) is 4.43. The zero-order valence-electron chi connectivity index (χ0n) is 16.6. The van der Waals surface area contributed by atoms with Crippen molar-refractivity contribution >= 4 is 11.9 Å². The molecule has 160 valence electrons. The molecule has 0 aliphatic heterocycles. The summed E-state index contributed by atoms with van der Waals surface area (Å²) < 4.78 is 70.5. The van der Waals surface area contributed by atoms with Crippen molar-refractivity contribution < 1.29 is 41.0 Å². The molecule has 0 bridgehead atoms. The summed E-state index contributed by atoms with van der Waals surface area (Å²) in [6.45, 7) is 8.95. The molecule has 0 aromatic heterocycles. The molecule has 4 nitrogen and oxygen atoms in total. The predicted octanol–water partition coefficient (Wildman–Crippen LogP) is 5.15. The highest BCUT2D eigenvalue weighted by Crippen LogP contribution is 2.42. The number of rotatable bonds is 9. The highest BCUT2D eigenvalue weighted by atomic mass is 19.4. The van der Waals surface area contributed by atoms with Crippen LogP contribution < -0.4 is 0 Å². The zero-order chi connectivity index (χ0) is 21.7. The third-order valence-electron chi connectivity index (χ3n) is 4.43. The summed E-state index contributed by atoms with van der Waals surface area (Å²) in [6, 6.07) is 0. The summed E-state index contributed by atoms with van der Waals surface area (Å²) in [5.41, 5.74) is -0.987. The minimum Gasteiger partial charge on any atom is -0.465 e. The molecule has 27 heavy (non-hydrogen) atoms. The Morgan fingerprint density at radius 1 is 0.963 bits per heavy atom. The second-order valence-electron chi connectivity index (χ2n) is 8.21. The van der Waals surface area contributed by atoms with Crippen molar-refractivity contribution in [2.24, 2.45) is 16.7 Å². The van der Waals surface area contributed by atoms with E-state index < -0.39 is 49.1 Å². The largest absolute Gasteiger partial charge is 0.465 e. The van der Waals surface area contributed by atoms with Crippen molar-refractivity contribution in [1.29, 1.82) is 0 Å². The number of hydrogen-bond acceptors (Lipinski definition) is 4. The molecular formula is C18H29F5O4. The maximum absolute atomic E-state index is 12.7. The molecule has 0 saturated heterocycles. The fourth-order valence-electron chi connectivity index (χ4n) is 2.72. The van der Waals surface area contributed by atoms with Gasteiger partial charge in [-0.1, -0.05) is 41.0 Å². The van der Waals surface area contributed by atoms with Gasteiger partial charge < -0.3 is 9.47 Å². The van der Waals surface area contributed by atoms with Gasteiger partial charge in [0.05, 0.1) is 11.8 Å². The van der Waals surface area contributed by atoms with E-state index in [1.165, 1.54) is 0 Å². The highest BCUT2D eigenvalue weighted by molar-refractivity contribution is 5.77.